The minimum atomic E-state index is -0.0249. The number of hydrogen-bond donors (Lipinski definition) is 2. The second-order valence-corrected chi connectivity index (χ2v) is 5.23. The highest BCUT2D eigenvalue weighted by Gasteiger charge is 2.41. The van der Waals surface area contributed by atoms with E-state index in [2.05, 4.69) is 10.6 Å². The van der Waals surface area contributed by atoms with Gasteiger partial charge in [-0.1, -0.05) is 6.92 Å². The van der Waals surface area contributed by atoms with E-state index in [9.17, 15) is 4.79 Å². The van der Waals surface area contributed by atoms with Crippen LogP contribution in [0.5, 0.6) is 0 Å². The van der Waals surface area contributed by atoms with Crippen LogP contribution in [-0.2, 0) is 14.3 Å². The molecule has 1 spiro atoms. The van der Waals surface area contributed by atoms with Gasteiger partial charge < -0.3 is 20.1 Å². The van der Waals surface area contributed by atoms with Crippen LogP contribution in [0.2, 0.25) is 0 Å². The van der Waals surface area contributed by atoms with E-state index in [1.807, 2.05) is 6.92 Å². The van der Waals surface area contributed by atoms with Crippen molar-refractivity contribution in [3.05, 3.63) is 0 Å². The van der Waals surface area contributed by atoms with E-state index in [0.29, 0.717) is 6.61 Å². The summed E-state index contributed by atoms with van der Waals surface area (Å²) in [7, 11) is 0. The average Bonchev–Trinajstić information content (AvgIpc) is 2.78. The zero-order valence-corrected chi connectivity index (χ0v) is 11.2. The summed E-state index contributed by atoms with van der Waals surface area (Å²) < 4.78 is 11.5. The van der Waals surface area contributed by atoms with Crippen molar-refractivity contribution in [3.63, 3.8) is 0 Å². The highest BCUT2D eigenvalue weighted by atomic mass is 16.6. The number of amides is 1. The predicted octanol–water partition coefficient (Wildman–Crippen LogP) is 0.440. The molecule has 2 N–H and O–H groups in total. The van der Waals surface area contributed by atoms with Crippen LogP contribution in [0.1, 0.15) is 32.6 Å². The second-order valence-electron chi connectivity index (χ2n) is 5.23. The number of rotatable bonds is 5. The summed E-state index contributed by atoms with van der Waals surface area (Å²) in [6.45, 7) is 5.57. The lowest BCUT2D eigenvalue weighted by Gasteiger charge is -2.32. The van der Waals surface area contributed by atoms with Crippen molar-refractivity contribution in [2.75, 3.05) is 32.8 Å². The molecular formula is C13H24N2O3. The van der Waals surface area contributed by atoms with Crippen LogP contribution in [0.4, 0.5) is 0 Å². The van der Waals surface area contributed by atoms with Crippen LogP contribution >= 0.6 is 0 Å². The Morgan fingerprint density at radius 1 is 1.50 bits per heavy atom. The summed E-state index contributed by atoms with van der Waals surface area (Å²) in [5.41, 5.74) is 0.00973. The number of ether oxygens (including phenoxy) is 2. The van der Waals surface area contributed by atoms with Crippen LogP contribution in [0.3, 0.4) is 0 Å². The van der Waals surface area contributed by atoms with Gasteiger partial charge in [0.05, 0.1) is 18.3 Å². The summed E-state index contributed by atoms with van der Waals surface area (Å²) in [5.74, 6) is -0.0249. The molecule has 1 atom stereocenters. The van der Waals surface area contributed by atoms with Crippen molar-refractivity contribution in [1.82, 2.24) is 10.6 Å². The van der Waals surface area contributed by atoms with Gasteiger partial charge in [0.25, 0.3) is 0 Å². The molecule has 5 heteroatoms. The molecule has 2 aliphatic rings. The Hall–Kier alpha value is -0.650. The lowest BCUT2D eigenvalue weighted by molar-refractivity contribution is -0.127. The van der Waals surface area contributed by atoms with E-state index in [4.69, 9.17) is 9.47 Å². The van der Waals surface area contributed by atoms with Gasteiger partial charge in [-0.25, -0.2) is 0 Å². The molecule has 0 aromatic heterocycles. The summed E-state index contributed by atoms with van der Waals surface area (Å²) in [6.07, 6.45) is 4.06. The fourth-order valence-electron chi connectivity index (χ4n) is 2.65. The van der Waals surface area contributed by atoms with Gasteiger partial charge >= 0.3 is 0 Å². The van der Waals surface area contributed by atoms with Crippen LogP contribution in [0, 0.1) is 0 Å². The molecule has 0 aromatic rings. The Kier molecular flexibility index (Phi) is 4.97. The smallest absolute Gasteiger partial charge is 0.246 e. The van der Waals surface area contributed by atoms with Crippen molar-refractivity contribution < 1.29 is 14.3 Å². The minimum absolute atomic E-state index is 0.00973. The normalized spacial score (nSPS) is 26.4. The molecule has 5 nitrogen and oxygen atoms in total. The first-order valence-corrected chi connectivity index (χ1v) is 6.97. The molecule has 1 amide bonds. The van der Waals surface area contributed by atoms with Gasteiger partial charge in [0.15, 0.2) is 0 Å². The van der Waals surface area contributed by atoms with E-state index in [1.165, 1.54) is 0 Å². The van der Waals surface area contributed by atoms with Gasteiger partial charge in [-0.05, 0) is 32.4 Å². The molecule has 2 heterocycles. The SMILES string of the molecule is CCCNC(=O)COC1COC2(CCNCC2)C1. The number of hydrogen-bond acceptors (Lipinski definition) is 4. The molecule has 2 saturated heterocycles. The van der Waals surface area contributed by atoms with Crippen molar-refractivity contribution in [3.8, 4) is 0 Å². The van der Waals surface area contributed by atoms with E-state index < -0.39 is 0 Å². The maximum Gasteiger partial charge on any atom is 0.246 e. The van der Waals surface area contributed by atoms with E-state index in [-0.39, 0.29) is 24.2 Å². The Morgan fingerprint density at radius 2 is 2.28 bits per heavy atom. The molecule has 0 bridgehead atoms. The number of piperidine rings is 1. The predicted molar refractivity (Wildman–Crippen MR) is 68.4 cm³/mol. The molecule has 0 aliphatic carbocycles. The fourth-order valence-corrected chi connectivity index (χ4v) is 2.65. The first kappa shape index (κ1) is 13.8. The van der Waals surface area contributed by atoms with Gasteiger partial charge in [-0.2, -0.15) is 0 Å². The number of carbonyl (C=O) groups excluding carboxylic acids is 1. The topological polar surface area (TPSA) is 59.6 Å². The number of nitrogens with one attached hydrogen (secondary N) is 2. The van der Waals surface area contributed by atoms with Crippen LogP contribution in [0.15, 0.2) is 0 Å². The highest BCUT2D eigenvalue weighted by molar-refractivity contribution is 5.77. The van der Waals surface area contributed by atoms with Crippen molar-refractivity contribution in [2.24, 2.45) is 0 Å². The highest BCUT2D eigenvalue weighted by Crippen LogP contribution is 2.34. The monoisotopic (exact) mass is 256 g/mol. The molecule has 2 aliphatic heterocycles. The van der Waals surface area contributed by atoms with Crippen molar-refractivity contribution in [1.29, 1.82) is 0 Å². The van der Waals surface area contributed by atoms with E-state index in [1.54, 1.807) is 0 Å². The Labute approximate surface area is 109 Å². The second kappa shape index (κ2) is 6.50. The van der Waals surface area contributed by atoms with Crippen LogP contribution < -0.4 is 10.6 Å². The molecule has 18 heavy (non-hydrogen) atoms. The van der Waals surface area contributed by atoms with Crippen molar-refractivity contribution >= 4 is 5.91 Å². The maximum atomic E-state index is 11.4. The van der Waals surface area contributed by atoms with Gasteiger partial charge in [0.1, 0.15) is 6.61 Å². The number of carbonyl (C=O) groups is 1. The van der Waals surface area contributed by atoms with Crippen LogP contribution in [-0.4, -0.2) is 50.5 Å². The van der Waals surface area contributed by atoms with Crippen LogP contribution in [0.25, 0.3) is 0 Å². The summed E-state index contributed by atoms with van der Waals surface area (Å²) in [5, 5.41) is 6.15. The first-order valence-electron chi connectivity index (χ1n) is 6.97. The average molecular weight is 256 g/mol. The molecule has 2 fully saturated rings. The minimum Gasteiger partial charge on any atom is -0.372 e. The molecule has 2 rings (SSSR count). The Bertz CT molecular complexity index is 277. The molecule has 0 radical (unpaired) electrons. The van der Waals surface area contributed by atoms with Gasteiger partial charge in [0.2, 0.25) is 5.91 Å². The zero-order valence-electron chi connectivity index (χ0n) is 11.2. The van der Waals surface area contributed by atoms with Crippen molar-refractivity contribution in [2.45, 2.75) is 44.3 Å². The van der Waals surface area contributed by atoms with Gasteiger partial charge in [0, 0.05) is 13.0 Å². The summed E-state index contributed by atoms with van der Waals surface area (Å²) in [6, 6.07) is 0. The molecule has 104 valence electrons. The third-order valence-electron chi connectivity index (χ3n) is 3.71. The van der Waals surface area contributed by atoms with Gasteiger partial charge in [-0.3, -0.25) is 4.79 Å². The molecule has 0 aromatic carbocycles. The lowest BCUT2D eigenvalue weighted by atomic mass is 9.89. The quantitative estimate of drug-likeness (QED) is 0.749. The maximum absolute atomic E-state index is 11.4. The third-order valence-corrected chi connectivity index (χ3v) is 3.71. The Morgan fingerprint density at radius 3 is 3.00 bits per heavy atom. The third kappa shape index (κ3) is 3.67. The first-order chi connectivity index (χ1) is 8.74. The van der Waals surface area contributed by atoms with E-state index in [0.717, 1.165) is 45.3 Å². The van der Waals surface area contributed by atoms with E-state index >= 15 is 0 Å². The molecule has 1 unspecified atom stereocenters. The molecule has 0 saturated carbocycles. The standard InChI is InChI=1S/C13H24N2O3/c1-2-5-15-12(16)10-17-11-8-13(18-9-11)3-6-14-7-4-13/h11,14H,2-10H2,1H3,(H,15,16). The lowest BCUT2D eigenvalue weighted by Crippen LogP contribution is -2.41. The Balaban J connectivity index is 1.67. The van der Waals surface area contributed by atoms with Gasteiger partial charge in [-0.15, -0.1) is 0 Å². The molecular weight excluding hydrogens is 232 g/mol. The zero-order chi connectivity index (χ0) is 12.8. The largest absolute Gasteiger partial charge is 0.372 e. The summed E-state index contributed by atoms with van der Waals surface area (Å²) >= 11 is 0. The summed E-state index contributed by atoms with van der Waals surface area (Å²) in [4.78, 5) is 11.4. The fraction of sp³-hybridized carbons (Fsp3) is 0.923.